The third-order valence-corrected chi connectivity index (χ3v) is 5.33. The second-order valence-electron chi connectivity index (χ2n) is 7.89. The van der Waals surface area contributed by atoms with E-state index in [4.69, 9.17) is 4.74 Å². The molecular formula is C26H23F3N2O3. The van der Waals surface area contributed by atoms with Gasteiger partial charge in [0.15, 0.2) is 0 Å². The number of anilines is 1. The molecule has 0 bridgehead atoms. The summed E-state index contributed by atoms with van der Waals surface area (Å²) in [5.74, 6) is 0. The number of ether oxygens (including phenoxy) is 1. The third-order valence-electron chi connectivity index (χ3n) is 5.33. The minimum Gasteiger partial charge on any atom is -0.389 e. The average Bonchev–Trinajstić information content (AvgIpc) is 2.83. The van der Waals surface area contributed by atoms with Gasteiger partial charge in [-0.25, -0.2) is 0 Å². The Balaban J connectivity index is 1.45. The fourth-order valence-electron chi connectivity index (χ4n) is 3.66. The zero-order valence-corrected chi connectivity index (χ0v) is 18.1. The van der Waals surface area contributed by atoms with Crippen molar-refractivity contribution >= 4 is 16.5 Å². The first kappa shape index (κ1) is 23.5. The van der Waals surface area contributed by atoms with Gasteiger partial charge in [-0.05, 0) is 35.2 Å². The van der Waals surface area contributed by atoms with Gasteiger partial charge < -0.3 is 20.1 Å². The normalized spacial score (nSPS) is 12.6. The number of pyridine rings is 1. The number of hydrogen-bond donors (Lipinski definition) is 3. The van der Waals surface area contributed by atoms with Gasteiger partial charge in [-0.3, -0.25) is 4.79 Å². The summed E-state index contributed by atoms with van der Waals surface area (Å²) in [6, 6.07) is 21.2. The predicted octanol–water partition coefficient (Wildman–Crippen LogP) is 5.20. The summed E-state index contributed by atoms with van der Waals surface area (Å²) < 4.78 is 45.7. The van der Waals surface area contributed by atoms with Crippen LogP contribution in [0.2, 0.25) is 0 Å². The van der Waals surface area contributed by atoms with Gasteiger partial charge >= 0.3 is 6.18 Å². The average molecular weight is 468 g/mol. The van der Waals surface area contributed by atoms with Crippen molar-refractivity contribution in [2.75, 3.05) is 18.5 Å². The van der Waals surface area contributed by atoms with Gasteiger partial charge in [0, 0.05) is 28.9 Å². The standard InChI is InChI=1S/C26H23F3N2O3/c27-26(28,29)23-9-5-4-8-21(23)24-12-18-10-11-19(13-22(18)25(33)31-24)30-14-20(32)16-34-15-17-6-2-1-3-7-17/h1-13,20,30,32H,14-16H2,(H,31,33). The molecular weight excluding hydrogens is 445 g/mol. The summed E-state index contributed by atoms with van der Waals surface area (Å²) in [7, 11) is 0. The molecule has 1 heterocycles. The number of aromatic nitrogens is 1. The molecule has 0 aliphatic rings. The van der Waals surface area contributed by atoms with Crippen LogP contribution in [0.4, 0.5) is 18.9 Å². The van der Waals surface area contributed by atoms with Crippen molar-refractivity contribution in [1.82, 2.24) is 4.98 Å². The summed E-state index contributed by atoms with van der Waals surface area (Å²) in [5.41, 5.74) is 0.302. The molecule has 0 saturated heterocycles. The molecule has 4 rings (SSSR count). The summed E-state index contributed by atoms with van der Waals surface area (Å²) in [5, 5.41) is 14.1. The van der Waals surface area contributed by atoms with Crippen LogP contribution in [0.5, 0.6) is 0 Å². The number of alkyl halides is 3. The van der Waals surface area contributed by atoms with Crippen LogP contribution >= 0.6 is 0 Å². The highest BCUT2D eigenvalue weighted by Gasteiger charge is 2.33. The van der Waals surface area contributed by atoms with Crippen LogP contribution in [0.25, 0.3) is 22.0 Å². The molecule has 0 spiro atoms. The Bertz CT molecular complexity index is 1320. The number of aromatic amines is 1. The molecule has 0 saturated carbocycles. The molecule has 5 nitrogen and oxygen atoms in total. The van der Waals surface area contributed by atoms with Crippen molar-refractivity contribution in [3.63, 3.8) is 0 Å². The molecule has 1 aromatic heterocycles. The summed E-state index contributed by atoms with van der Waals surface area (Å²) in [6.45, 7) is 0.732. The second-order valence-corrected chi connectivity index (χ2v) is 7.89. The SMILES string of the molecule is O=c1[nH]c(-c2ccccc2C(F)(F)F)cc2ccc(NCC(O)COCc3ccccc3)cc12. The van der Waals surface area contributed by atoms with Crippen molar-refractivity contribution < 1.29 is 23.0 Å². The van der Waals surface area contributed by atoms with Gasteiger partial charge in [-0.1, -0.05) is 54.6 Å². The van der Waals surface area contributed by atoms with Crippen LogP contribution in [0, 0.1) is 0 Å². The fraction of sp³-hybridized carbons (Fsp3) is 0.192. The zero-order valence-electron chi connectivity index (χ0n) is 18.1. The molecule has 1 unspecified atom stereocenters. The Morgan fingerprint density at radius 2 is 1.71 bits per heavy atom. The summed E-state index contributed by atoms with van der Waals surface area (Å²) >= 11 is 0. The van der Waals surface area contributed by atoms with Crippen LogP contribution < -0.4 is 10.9 Å². The smallest absolute Gasteiger partial charge is 0.389 e. The molecule has 0 fully saturated rings. The number of rotatable bonds is 8. The quantitative estimate of drug-likeness (QED) is 0.332. The topological polar surface area (TPSA) is 74.4 Å². The Morgan fingerprint density at radius 1 is 0.971 bits per heavy atom. The van der Waals surface area contributed by atoms with E-state index in [9.17, 15) is 23.1 Å². The van der Waals surface area contributed by atoms with E-state index in [1.165, 1.54) is 24.3 Å². The number of aliphatic hydroxyl groups excluding tert-OH is 1. The molecule has 0 aliphatic carbocycles. The highest BCUT2D eigenvalue weighted by Crippen LogP contribution is 2.36. The van der Waals surface area contributed by atoms with Crippen LogP contribution in [0.3, 0.4) is 0 Å². The van der Waals surface area contributed by atoms with Crippen molar-refractivity contribution in [1.29, 1.82) is 0 Å². The molecule has 0 radical (unpaired) electrons. The first-order valence-electron chi connectivity index (χ1n) is 10.7. The van der Waals surface area contributed by atoms with Gasteiger partial charge in [-0.2, -0.15) is 13.2 Å². The number of hydrogen-bond acceptors (Lipinski definition) is 4. The zero-order chi connectivity index (χ0) is 24.1. The summed E-state index contributed by atoms with van der Waals surface area (Å²) in [4.78, 5) is 15.2. The van der Waals surface area contributed by atoms with E-state index in [2.05, 4.69) is 10.3 Å². The number of fused-ring (bicyclic) bond motifs is 1. The molecule has 34 heavy (non-hydrogen) atoms. The molecule has 1 atom stereocenters. The van der Waals surface area contributed by atoms with Gasteiger partial charge in [-0.15, -0.1) is 0 Å². The lowest BCUT2D eigenvalue weighted by atomic mass is 10.0. The van der Waals surface area contributed by atoms with Gasteiger partial charge in [0.1, 0.15) is 0 Å². The van der Waals surface area contributed by atoms with Gasteiger partial charge in [0.25, 0.3) is 5.56 Å². The minimum absolute atomic E-state index is 0.0881. The molecule has 4 aromatic rings. The van der Waals surface area contributed by atoms with Crippen LogP contribution in [0.1, 0.15) is 11.1 Å². The fourth-order valence-corrected chi connectivity index (χ4v) is 3.66. The monoisotopic (exact) mass is 468 g/mol. The van der Waals surface area contributed by atoms with E-state index in [0.717, 1.165) is 11.6 Å². The number of H-pyrrole nitrogens is 1. The molecule has 8 heteroatoms. The predicted molar refractivity (Wildman–Crippen MR) is 126 cm³/mol. The van der Waals surface area contributed by atoms with Gasteiger partial charge in [0.2, 0.25) is 0 Å². The summed E-state index contributed by atoms with van der Waals surface area (Å²) in [6.07, 6.45) is -5.30. The lowest BCUT2D eigenvalue weighted by molar-refractivity contribution is -0.137. The number of benzene rings is 3. The first-order valence-corrected chi connectivity index (χ1v) is 10.7. The van der Waals surface area contributed by atoms with E-state index < -0.39 is 23.4 Å². The van der Waals surface area contributed by atoms with Crippen molar-refractivity contribution in [3.05, 3.63) is 100 Å². The van der Waals surface area contributed by atoms with Crippen molar-refractivity contribution in [3.8, 4) is 11.3 Å². The Morgan fingerprint density at radius 3 is 2.47 bits per heavy atom. The molecule has 176 valence electrons. The van der Waals surface area contributed by atoms with E-state index in [-0.39, 0.29) is 24.4 Å². The van der Waals surface area contributed by atoms with Crippen molar-refractivity contribution in [2.24, 2.45) is 0 Å². The maximum Gasteiger partial charge on any atom is 0.417 e. The van der Waals surface area contributed by atoms with Crippen LogP contribution in [0.15, 0.2) is 83.7 Å². The Kier molecular flexibility index (Phi) is 7.00. The van der Waals surface area contributed by atoms with Crippen LogP contribution in [-0.4, -0.2) is 29.3 Å². The first-order chi connectivity index (χ1) is 16.3. The van der Waals surface area contributed by atoms with E-state index in [1.807, 2.05) is 30.3 Å². The largest absolute Gasteiger partial charge is 0.417 e. The maximum atomic E-state index is 13.4. The molecule has 0 aliphatic heterocycles. The lowest BCUT2D eigenvalue weighted by Gasteiger charge is -2.15. The Labute approximate surface area is 193 Å². The van der Waals surface area contributed by atoms with E-state index in [0.29, 0.717) is 23.1 Å². The van der Waals surface area contributed by atoms with E-state index >= 15 is 0 Å². The highest BCUT2D eigenvalue weighted by atomic mass is 19.4. The highest BCUT2D eigenvalue weighted by molar-refractivity contribution is 5.88. The lowest BCUT2D eigenvalue weighted by Crippen LogP contribution is -2.24. The van der Waals surface area contributed by atoms with Crippen LogP contribution in [-0.2, 0) is 17.5 Å². The minimum atomic E-state index is -4.54. The molecule has 0 amide bonds. The van der Waals surface area contributed by atoms with Crippen molar-refractivity contribution in [2.45, 2.75) is 18.9 Å². The third kappa shape index (κ3) is 5.65. The number of halogens is 3. The Hall–Kier alpha value is -3.62. The van der Waals surface area contributed by atoms with E-state index in [1.54, 1.807) is 18.2 Å². The maximum absolute atomic E-state index is 13.4. The molecule has 3 N–H and O–H groups in total. The molecule has 3 aromatic carbocycles. The van der Waals surface area contributed by atoms with Gasteiger partial charge in [0.05, 0.1) is 24.9 Å². The number of aliphatic hydroxyl groups is 1. The second kappa shape index (κ2) is 10.1. The number of nitrogens with one attached hydrogen (secondary N) is 2.